The smallest absolute Gasteiger partial charge is 0.223 e. The van der Waals surface area contributed by atoms with Crippen LogP contribution in [-0.2, 0) is 0 Å². The molecule has 0 aliphatic rings. The number of nitrogens with zero attached hydrogens (tertiary/aromatic N) is 2. The van der Waals surface area contributed by atoms with Crippen molar-refractivity contribution in [2.75, 3.05) is 16.8 Å². The highest BCUT2D eigenvalue weighted by atomic mass is 15.1. The van der Waals surface area contributed by atoms with Gasteiger partial charge >= 0.3 is 0 Å². The van der Waals surface area contributed by atoms with Gasteiger partial charge in [0.15, 0.2) is 0 Å². The molecule has 0 aliphatic heterocycles. The van der Waals surface area contributed by atoms with Crippen molar-refractivity contribution < 1.29 is 0 Å². The number of hydrogen-bond acceptors (Lipinski definition) is 5. The highest BCUT2D eigenvalue weighted by Gasteiger charge is 2.03. The summed E-state index contributed by atoms with van der Waals surface area (Å²) in [6.45, 7) is 4.23. The van der Waals surface area contributed by atoms with E-state index in [1.807, 2.05) is 0 Å². The summed E-state index contributed by atoms with van der Waals surface area (Å²) in [6, 6.07) is 2.05. The van der Waals surface area contributed by atoms with Gasteiger partial charge in [0.25, 0.3) is 0 Å². The molecule has 1 unspecified atom stereocenters. The van der Waals surface area contributed by atoms with Crippen molar-refractivity contribution in [3.8, 4) is 0 Å². The van der Waals surface area contributed by atoms with Crippen molar-refractivity contribution in [3.05, 3.63) is 6.07 Å². The maximum absolute atomic E-state index is 5.54. The van der Waals surface area contributed by atoms with Crippen LogP contribution in [0.5, 0.6) is 0 Å². The van der Waals surface area contributed by atoms with Crippen LogP contribution < -0.4 is 16.8 Å². The molecule has 5 heteroatoms. The molecule has 1 atom stereocenters. The molecule has 0 spiro atoms. The molecule has 0 saturated carbocycles. The highest BCUT2D eigenvalue weighted by molar-refractivity contribution is 5.48. The third-order valence-electron chi connectivity index (χ3n) is 1.88. The minimum Gasteiger partial charge on any atom is -0.383 e. The van der Waals surface area contributed by atoms with E-state index >= 15 is 0 Å². The van der Waals surface area contributed by atoms with Crippen LogP contribution in [0.15, 0.2) is 6.07 Å². The van der Waals surface area contributed by atoms with E-state index in [1.54, 1.807) is 6.07 Å². The Hall–Kier alpha value is -1.52. The van der Waals surface area contributed by atoms with Crippen LogP contribution in [0.1, 0.15) is 26.7 Å². The summed E-state index contributed by atoms with van der Waals surface area (Å²) in [4.78, 5) is 7.82. The summed E-state index contributed by atoms with van der Waals surface area (Å²) in [5.41, 5.74) is 11.0. The van der Waals surface area contributed by atoms with Crippen LogP contribution in [0, 0.1) is 0 Å². The second kappa shape index (κ2) is 4.64. The molecule has 1 aromatic rings. The SMILES string of the molecule is CCCC(C)Nc1cc(N)nc(N)n1. The zero-order chi connectivity index (χ0) is 10.6. The fraction of sp³-hybridized carbons (Fsp3) is 0.556. The zero-order valence-electron chi connectivity index (χ0n) is 8.62. The summed E-state index contributed by atoms with van der Waals surface area (Å²) in [5.74, 6) is 1.29. The van der Waals surface area contributed by atoms with E-state index in [4.69, 9.17) is 11.5 Å². The van der Waals surface area contributed by atoms with Crippen molar-refractivity contribution in [1.29, 1.82) is 0 Å². The lowest BCUT2D eigenvalue weighted by Gasteiger charge is -2.13. The molecular weight excluding hydrogens is 178 g/mol. The van der Waals surface area contributed by atoms with E-state index in [0.29, 0.717) is 17.7 Å². The molecule has 14 heavy (non-hydrogen) atoms. The van der Waals surface area contributed by atoms with Crippen molar-refractivity contribution >= 4 is 17.6 Å². The fourth-order valence-electron chi connectivity index (χ4n) is 1.32. The van der Waals surface area contributed by atoms with Crippen LogP contribution in [0.25, 0.3) is 0 Å². The quantitative estimate of drug-likeness (QED) is 0.672. The lowest BCUT2D eigenvalue weighted by atomic mass is 10.2. The molecular formula is C9H17N5. The van der Waals surface area contributed by atoms with Crippen LogP contribution in [0.3, 0.4) is 0 Å². The van der Waals surface area contributed by atoms with Gasteiger partial charge in [-0.3, -0.25) is 0 Å². The van der Waals surface area contributed by atoms with E-state index in [0.717, 1.165) is 12.8 Å². The average molecular weight is 195 g/mol. The summed E-state index contributed by atoms with van der Waals surface area (Å²) >= 11 is 0. The van der Waals surface area contributed by atoms with Gasteiger partial charge in [-0.05, 0) is 13.3 Å². The van der Waals surface area contributed by atoms with Gasteiger partial charge in [-0.1, -0.05) is 13.3 Å². The predicted octanol–water partition coefficient (Wildman–Crippen LogP) is 1.24. The van der Waals surface area contributed by atoms with Gasteiger partial charge in [-0.25, -0.2) is 0 Å². The van der Waals surface area contributed by atoms with Crippen LogP contribution in [0.2, 0.25) is 0 Å². The van der Waals surface area contributed by atoms with Gasteiger partial charge < -0.3 is 16.8 Å². The molecule has 1 heterocycles. The van der Waals surface area contributed by atoms with E-state index in [-0.39, 0.29) is 5.95 Å². The van der Waals surface area contributed by atoms with E-state index in [2.05, 4.69) is 29.1 Å². The zero-order valence-corrected chi connectivity index (χ0v) is 8.62. The first-order valence-electron chi connectivity index (χ1n) is 4.78. The standard InChI is InChI=1S/C9H17N5/c1-3-4-6(2)12-8-5-7(10)13-9(11)14-8/h5-6H,3-4H2,1-2H3,(H5,10,11,12,13,14). The van der Waals surface area contributed by atoms with Crippen molar-refractivity contribution in [3.63, 3.8) is 0 Å². The van der Waals surface area contributed by atoms with Gasteiger partial charge in [0.2, 0.25) is 5.95 Å². The minimum absolute atomic E-state index is 0.205. The number of anilines is 3. The van der Waals surface area contributed by atoms with Crippen LogP contribution >= 0.6 is 0 Å². The molecule has 0 saturated heterocycles. The average Bonchev–Trinajstić information content (AvgIpc) is 2.01. The molecule has 5 nitrogen and oxygen atoms in total. The van der Waals surface area contributed by atoms with Crippen molar-refractivity contribution in [2.45, 2.75) is 32.7 Å². The van der Waals surface area contributed by atoms with Gasteiger partial charge in [-0.15, -0.1) is 0 Å². The number of nitrogens with one attached hydrogen (secondary N) is 1. The molecule has 0 aliphatic carbocycles. The monoisotopic (exact) mass is 195 g/mol. The topological polar surface area (TPSA) is 89.8 Å². The minimum atomic E-state index is 0.205. The fourth-order valence-corrected chi connectivity index (χ4v) is 1.32. The highest BCUT2D eigenvalue weighted by Crippen LogP contribution is 2.11. The molecule has 0 bridgehead atoms. The summed E-state index contributed by atoms with van der Waals surface area (Å²) < 4.78 is 0. The van der Waals surface area contributed by atoms with E-state index in [1.165, 1.54) is 0 Å². The van der Waals surface area contributed by atoms with Gasteiger partial charge in [-0.2, -0.15) is 9.97 Å². The molecule has 0 radical (unpaired) electrons. The lowest BCUT2D eigenvalue weighted by molar-refractivity contribution is 0.687. The number of hydrogen-bond donors (Lipinski definition) is 3. The van der Waals surface area contributed by atoms with Gasteiger partial charge in [0, 0.05) is 12.1 Å². The van der Waals surface area contributed by atoms with Crippen LogP contribution in [0.4, 0.5) is 17.6 Å². The number of nitrogens with two attached hydrogens (primary N) is 2. The summed E-state index contributed by atoms with van der Waals surface area (Å²) in [5, 5.41) is 3.21. The Kier molecular flexibility index (Phi) is 3.50. The number of aromatic nitrogens is 2. The molecule has 0 amide bonds. The predicted molar refractivity (Wildman–Crippen MR) is 58.8 cm³/mol. The Morgan fingerprint density at radius 1 is 1.43 bits per heavy atom. The Balaban J connectivity index is 2.66. The molecule has 1 aromatic heterocycles. The summed E-state index contributed by atoms with van der Waals surface area (Å²) in [6.07, 6.45) is 2.22. The Morgan fingerprint density at radius 3 is 2.71 bits per heavy atom. The normalized spacial score (nSPS) is 12.4. The molecule has 0 fully saturated rings. The summed E-state index contributed by atoms with van der Waals surface area (Å²) in [7, 11) is 0. The third-order valence-corrected chi connectivity index (χ3v) is 1.88. The molecule has 5 N–H and O–H groups in total. The molecule has 0 aromatic carbocycles. The first-order chi connectivity index (χ1) is 6.61. The van der Waals surface area contributed by atoms with Gasteiger partial charge in [0.1, 0.15) is 11.6 Å². The van der Waals surface area contributed by atoms with Crippen LogP contribution in [-0.4, -0.2) is 16.0 Å². The first kappa shape index (κ1) is 10.6. The number of rotatable bonds is 4. The second-order valence-corrected chi connectivity index (χ2v) is 3.37. The maximum Gasteiger partial charge on any atom is 0.223 e. The Labute approximate surface area is 83.9 Å². The Morgan fingerprint density at radius 2 is 2.14 bits per heavy atom. The second-order valence-electron chi connectivity index (χ2n) is 3.37. The maximum atomic E-state index is 5.54. The first-order valence-corrected chi connectivity index (χ1v) is 4.78. The lowest BCUT2D eigenvalue weighted by Crippen LogP contribution is -2.16. The third kappa shape index (κ3) is 3.08. The van der Waals surface area contributed by atoms with Crippen molar-refractivity contribution in [1.82, 2.24) is 9.97 Å². The van der Waals surface area contributed by atoms with E-state index in [9.17, 15) is 0 Å². The van der Waals surface area contributed by atoms with Crippen molar-refractivity contribution in [2.24, 2.45) is 0 Å². The largest absolute Gasteiger partial charge is 0.383 e. The number of nitrogen functional groups attached to an aromatic ring is 2. The molecule has 78 valence electrons. The Bertz CT molecular complexity index is 279. The van der Waals surface area contributed by atoms with E-state index < -0.39 is 0 Å². The molecule has 1 rings (SSSR count). The van der Waals surface area contributed by atoms with Gasteiger partial charge in [0.05, 0.1) is 0 Å².